The number of para-hydroxylation sites is 1. The van der Waals surface area contributed by atoms with Crippen LogP contribution in [0.5, 0.6) is 5.75 Å². The van der Waals surface area contributed by atoms with E-state index in [1.165, 1.54) is 11.3 Å². The quantitative estimate of drug-likeness (QED) is 0.475. The Hall–Kier alpha value is -3.09. The molecule has 0 bridgehead atoms. The molecule has 0 saturated carbocycles. The Morgan fingerprint density at radius 2 is 2.00 bits per heavy atom. The number of nitrogens with one attached hydrogen (secondary N) is 1. The predicted molar refractivity (Wildman–Crippen MR) is 119 cm³/mol. The number of fused-ring (bicyclic) bond motifs is 1. The molecule has 1 atom stereocenters. The molecular formula is C23H18ClNO4S. The molecular weight excluding hydrogens is 422 g/mol. The number of amides is 1. The van der Waals surface area contributed by atoms with E-state index in [2.05, 4.69) is 11.9 Å². The molecule has 1 amide bonds. The first-order valence-corrected chi connectivity index (χ1v) is 10.5. The third-order valence-electron chi connectivity index (χ3n) is 4.88. The number of thiophene rings is 1. The van der Waals surface area contributed by atoms with Crippen molar-refractivity contribution >= 4 is 40.5 Å². The lowest BCUT2D eigenvalue weighted by Gasteiger charge is -2.25. The number of benzene rings is 2. The monoisotopic (exact) mass is 439 g/mol. The van der Waals surface area contributed by atoms with Crippen molar-refractivity contribution in [3.8, 4) is 16.9 Å². The highest BCUT2D eigenvalue weighted by Gasteiger charge is 2.35. The third kappa shape index (κ3) is 3.72. The second-order valence-electron chi connectivity index (χ2n) is 6.80. The number of aromatic carboxylic acids is 1. The van der Waals surface area contributed by atoms with Gasteiger partial charge in [0.25, 0.3) is 0 Å². The summed E-state index contributed by atoms with van der Waals surface area (Å²) in [6.07, 6.45) is 1.86. The molecule has 1 aromatic heterocycles. The van der Waals surface area contributed by atoms with Gasteiger partial charge in [-0.15, -0.1) is 11.3 Å². The molecule has 2 aromatic carbocycles. The van der Waals surface area contributed by atoms with Gasteiger partial charge in [-0.3, -0.25) is 4.79 Å². The zero-order valence-corrected chi connectivity index (χ0v) is 17.4. The first-order chi connectivity index (χ1) is 14.5. The minimum absolute atomic E-state index is 0.170. The lowest BCUT2D eigenvalue weighted by atomic mass is 9.88. The Bertz CT molecular complexity index is 1140. The van der Waals surface area contributed by atoms with Gasteiger partial charge in [0.1, 0.15) is 17.2 Å². The summed E-state index contributed by atoms with van der Waals surface area (Å²) in [5.41, 5.74) is 2.57. The lowest BCUT2D eigenvalue weighted by molar-refractivity contribution is -0.116. The van der Waals surface area contributed by atoms with Crippen molar-refractivity contribution in [1.29, 1.82) is 0 Å². The van der Waals surface area contributed by atoms with Gasteiger partial charge in [0.05, 0.1) is 5.69 Å². The second-order valence-corrected chi connectivity index (χ2v) is 8.29. The van der Waals surface area contributed by atoms with Crippen LogP contribution in [0.25, 0.3) is 11.1 Å². The van der Waals surface area contributed by atoms with Gasteiger partial charge in [-0.25, -0.2) is 4.79 Å². The molecule has 0 radical (unpaired) electrons. The SMILES string of the molecule is C=CCOc1ccccc1[C@@H]1CC(=O)Nc2c1sc(C(=O)O)c2-c1ccc(Cl)cc1. The van der Waals surface area contributed by atoms with Crippen molar-refractivity contribution in [3.05, 3.63) is 81.5 Å². The number of halogens is 1. The van der Waals surface area contributed by atoms with Crippen molar-refractivity contribution in [2.45, 2.75) is 12.3 Å². The number of hydrogen-bond acceptors (Lipinski definition) is 4. The molecule has 1 aliphatic heterocycles. The molecule has 0 unspecified atom stereocenters. The summed E-state index contributed by atoms with van der Waals surface area (Å²) in [5, 5.41) is 13.3. The van der Waals surface area contributed by atoms with E-state index >= 15 is 0 Å². The Labute approximate surface area is 182 Å². The number of carboxylic acids is 1. The third-order valence-corrected chi connectivity index (χ3v) is 6.43. The summed E-state index contributed by atoms with van der Waals surface area (Å²) in [6.45, 7) is 4.02. The highest BCUT2D eigenvalue weighted by atomic mass is 35.5. The summed E-state index contributed by atoms with van der Waals surface area (Å²) in [5.74, 6) is -0.861. The molecule has 0 saturated heterocycles. The summed E-state index contributed by atoms with van der Waals surface area (Å²) in [7, 11) is 0. The van der Waals surface area contributed by atoms with E-state index in [1.807, 2.05) is 24.3 Å². The summed E-state index contributed by atoms with van der Waals surface area (Å²) in [6, 6.07) is 14.4. The lowest BCUT2D eigenvalue weighted by Crippen LogP contribution is -2.22. The molecule has 30 heavy (non-hydrogen) atoms. The van der Waals surface area contributed by atoms with Crippen LogP contribution in [0.1, 0.15) is 32.5 Å². The van der Waals surface area contributed by atoms with Crippen LogP contribution in [-0.2, 0) is 4.79 Å². The maximum absolute atomic E-state index is 12.6. The van der Waals surface area contributed by atoms with E-state index in [-0.39, 0.29) is 23.1 Å². The summed E-state index contributed by atoms with van der Waals surface area (Å²) in [4.78, 5) is 25.6. The molecule has 0 spiro atoms. The maximum atomic E-state index is 12.6. The largest absolute Gasteiger partial charge is 0.489 e. The number of ether oxygens (including phenoxy) is 1. The number of carbonyl (C=O) groups is 2. The fourth-order valence-corrected chi connectivity index (χ4v) is 4.99. The van der Waals surface area contributed by atoms with Crippen molar-refractivity contribution in [3.63, 3.8) is 0 Å². The zero-order chi connectivity index (χ0) is 21.3. The average Bonchev–Trinajstić information content (AvgIpc) is 3.12. The van der Waals surface area contributed by atoms with Crippen LogP contribution in [0.3, 0.4) is 0 Å². The highest BCUT2D eigenvalue weighted by Crippen LogP contribution is 2.50. The Balaban J connectivity index is 1.90. The molecule has 2 heterocycles. The molecule has 4 rings (SSSR count). The van der Waals surface area contributed by atoms with Crippen LogP contribution in [0.2, 0.25) is 5.02 Å². The van der Waals surface area contributed by atoms with Gasteiger partial charge in [-0.05, 0) is 23.8 Å². The first-order valence-electron chi connectivity index (χ1n) is 9.28. The topological polar surface area (TPSA) is 75.6 Å². The van der Waals surface area contributed by atoms with E-state index in [0.717, 1.165) is 10.4 Å². The fourth-order valence-electron chi connectivity index (χ4n) is 3.63. The average molecular weight is 440 g/mol. The number of anilines is 1. The number of rotatable bonds is 6. The predicted octanol–water partition coefficient (Wildman–Crippen LogP) is 5.81. The zero-order valence-electron chi connectivity index (χ0n) is 15.9. The Morgan fingerprint density at radius 3 is 2.70 bits per heavy atom. The van der Waals surface area contributed by atoms with Gasteiger partial charge in [0.2, 0.25) is 5.91 Å². The van der Waals surface area contributed by atoms with Gasteiger partial charge in [0, 0.05) is 33.4 Å². The van der Waals surface area contributed by atoms with Crippen LogP contribution in [0.4, 0.5) is 5.69 Å². The minimum Gasteiger partial charge on any atom is -0.489 e. The van der Waals surface area contributed by atoms with Crippen molar-refractivity contribution in [2.24, 2.45) is 0 Å². The van der Waals surface area contributed by atoms with Crippen molar-refractivity contribution in [1.82, 2.24) is 0 Å². The second kappa shape index (κ2) is 8.34. The van der Waals surface area contributed by atoms with E-state index < -0.39 is 5.97 Å². The smallest absolute Gasteiger partial charge is 0.346 e. The van der Waals surface area contributed by atoms with Gasteiger partial charge < -0.3 is 15.2 Å². The van der Waals surface area contributed by atoms with E-state index in [0.29, 0.717) is 34.2 Å². The van der Waals surface area contributed by atoms with E-state index in [1.54, 1.807) is 30.3 Å². The van der Waals surface area contributed by atoms with Gasteiger partial charge in [-0.2, -0.15) is 0 Å². The summed E-state index contributed by atoms with van der Waals surface area (Å²) < 4.78 is 5.80. The van der Waals surface area contributed by atoms with Gasteiger partial charge in [-0.1, -0.05) is 54.6 Å². The van der Waals surface area contributed by atoms with Crippen molar-refractivity contribution < 1.29 is 19.4 Å². The Kier molecular flexibility index (Phi) is 5.61. The van der Waals surface area contributed by atoms with Gasteiger partial charge in [0.15, 0.2) is 0 Å². The molecule has 7 heteroatoms. The maximum Gasteiger partial charge on any atom is 0.346 e. The van der Waals surface area contributed by atoms with Gasteiger partial charge >= 0.3 is 5.97 Å². The molecule has 3 aromatic rings. The van der Waals surface area contributed by atoms with Crippen molar-refractivity contribution in [2.75, 3.05) is 11.9 Å². The van der Waals surface area contributed by atoms with Crippen LogP contribution in [0.15, 0.2) is 61.2 Å². The fraction of sp³-hybridized carbons (Fsp3) is 0.130. The Morgan fingerprint density at radius 1 is 1.27 bits per heavy atom. The molecule has 2 N–H and O–H groups in total. The standard InChI is InChI=1S/C23H18ClNO4S/c1-2-11-29-17-6-4-3-5-15(17)16-12-18(26)25-20-19(13-7-9-14(24)10-8-13)22(23(27)28)30-21(16)20/h2-10,16H,1,11-12H2,(H,25,26)(H,27,28)/t16-/m0/s1. The van der Waals surface area contributed by atoms with Crippen LogP contribution < -0.4 is 10.1 Å². The van der Waals surface area contributed by atoms with E-state index in [9.17, 15) is 14.7 Å². The molecule has 0 aliphatic carbocycles. The number of hydrogen-bond donors (Lipinski definition) is 2. The minimum atomic E-state index is -1.04. The van der Waals surface area contributed by atoms with E-state index in [4.69, 9.17) is 16.3 Å². The first kappa shape index (κ1) is 20.2. The highest BCUT2D eigenvalue weighted by molar-refractivity contribution is 7.15. The number of carbonyl (C=O) groups excluding carboxylic acids is 1. The molecule has 0 fully saturated rings. The van der Waals surface area contributed by atoms with Crippen LogP contribution in [0, 0.1) is 0 Å². The molecule has 1 aliphatic rings. The number of carboxylic acid groups (broad SMARTS) is 1. The van der Waals surface area contributed by atoms with Crippen LogP contribution in [-0.4, -0.2) is 23.6 Å². The normalized spacial score (nSPS) is 15.2. The molecule has 152 valence electrons. The summed E-state index contributed by atoms with van der Waals surface area (Å²) >= 11 is 7.18. The molecule has 5 nitrogen and oxygen atoms in total. The van der Waals surface area contributed by atoms with Crippen LogP contribution >= 0.6 is 22.9 Å².